The first-order chi connectivity index (χ1) is 28.3. The predicted octanol–water partition coefficient (Wildman–Crippen LogP) is 6.93. The van der Waals surface area contributed by atoms with Gasteiger partial charge in [0.25, 0.3) is 0 Å². The third-order valence-electron chi connectivity index (χ3n) is 13.3. The smallest absolute Gasteiger partial charge is 0.407 e. The quantitative estimate of drug-likeness (QED) is 0.119. The number of ether oxygens (including phenoxy) is 2. The minimum Gasteiger partial charge on any atom is -0.453 e. The summed E-state index contributed by atoms with van der Waals surface area (Å²) in [5.41, 5.74) is 7.09. The maximum atomic E-state index is 13.6. The van der Waals surface area contributed by atoms with Crippen LogP contribution in [0, 0.1) is 11.8 Å². The molecule has 4 atom stereocenters. The Hall–Kier alpha value is -5.66. The van der Waals surface area contributed by atoms with Crippen LogP contribution in [0.5, 0.6) is 0 Å². The van der Waals surface area contributed by atoms with Crippen molar-refractivity contribution in [3.05, 3.63) is 83.7 Å². The van der Waals surface area contributed by atoms with Gasteiger partial charge in [-0.15, -0.1) is 0 Å². The Balaban J connectivity index is 0.879. The van der Waals surface area contributed by atoms with Crippen LogP contribution >= 0.6 is 0 Å². The van der Waals surface area contributed by atoms with Crippen molar-refractivity contribution >= 4 is 24.0 Å². The largest absolute Gasteiger partial charge is 0.453 e. The molecule has 4 aromatic rings. The first-order valence-corrected chi connectivity index (χ1v) is 21.0. The highest BCUT2D eigenvalue weighted by Gasteiger charge is 2.68. The maximum absolute atomic E-state index is 13.6. The van der Waals surface area contributed by atoms with Gasteiger partial charge in [0.15, 0.2) is 0 Å². The summed E-state index contributed by atoms with van der Waals surface area (Å²) in [6, 6.07) is 16.0. The average molecular weight is 805 g/mol. The number of amides is 4. The molecule has 5 aliphatic rings. The number of hydrogen-bond acceptors (Lipinski definition) is 8. The normalized spacial score (nSPS) is 24.3. The number of likely N-dealkylation sites (tertiary alicyclic amines) is 2. The standard InChI is InChI=1S/C45H56N8O6/c1-26(2)36(50-42(56)58-5)40(54)52-19-7-9-34(52)38-46-21-32(48-38)28-11-15-30(16-12-28)44-23-45(24-44,25-44)31-17-13-29(14-18-31)33-22-47-39(49-33)35-10-8-20-53(35)41(55)37(27(3)4)51-43(57)59-6/h11-18,21-22,26-27,34-37H,7-10,19-20,23-25H2,1-6H3,(H,46,48)(H,47,49)(H,50,56)(H,51,57)/t34-,35?,36-,37-,44?,45?/m0/s1. The molecular formula is C45H56N8O6. The zero-order chi connectivity index (χ0) is 41.6. The Bertz CT molecular complexity index is 2020. The Kier molecular flexibility index (Phi) is 10.8. The third-order valence-corrected chi connectivity index (χ3v) is 13.3. The van der Waals surface area contributed by atoms with E-state index < -0.39 is 24.3 Å². The zero-order valence-electron chi connectivity index (χ0n) is 34.8. The van der Waals surface area contributed by atoms with Crippen molar-refractivity contribution in [2.24, 2.45) is 11.8 Å². The van der Waals surface area contributed by atoms with E-state index in [9.17, 15) is 19.2 Å². The van der Waals surface area contributed by atoms with Gasteiger partial charge < -0.3 is 39.9 Å². The van der Waals surface area contributed by atoms with Crippen molar-refractivity contribution in [3.8, 4) is 22.5 Å². The predicted molar refractivity (Wildman–Crippen MR) is 221 cm³/mol. The lowest BCUT2D eigenvalue weighted by Gasteiger charge is -2.71. The van der Waals surface area contributed by atoms with Gasteiger partial charge in [0.05, 0.1) is 50.1 Å². The number of H-pyrrole nitrogens is 2. The molecule has 0 radical (unpaired) electrons. The minimum absolute atomic E-state index is 0.0910. The number of carbonyl (C=O) groups is 4. The van der Waals surface area contributed by atoms with Gasteiger partial charge in [-0.3, -0.25) is 9.59 Å². The van der Waals surface area contributed by atoms with Crippen LogP contribution in [0.1, 0.15) is 108 Å². The minimum atomic E-state index is -0.672. The van der Waals surface area contributed by atoms with Crippen LogP contribution in [0.4, 0.5) is 9.59 Å². The second-order valence-electron chi connectivity index (χ2n) is 17.7. The summed E-state index contributed by atoms with van der Waals surface area (Å²) in [5.74, 6) is 1.09. The fraction of sp³-hybridized carbons (Fsp3) is 0.511. The van der Waals surface area contributed by atoms with Gasteiger partial charge in [-0.1, -0.05) is 76.2 Å². The molecule has 3 saturated carbocycles. The Morgan fingerprint density at radius 1 is 0.644 bits per heavy atom. The monoisotopic (exact) mass is 804 g/mol. The van der Waals surface area contributed by atoms with Crippen LogP contribution in [0.3, 0.4) is 0 Å². The lowest BCUT2D eigenvalue weighted by molar-refractivity contribution is -0.136. The number of carbonyl (C=O) groups excluding carboxylic acids is 4. The first-order valence-electron chi connectivity index (χ1n) is 21.0. The fourth-order valence-corrected chi connectivity index (χ4v) is 10.1. The molecule has 4 amide bonds. The van der Waals surface area contributed by atoms with E-state index in [2.05, 4.69) is 69.1 Å². The maximum Gasteiger partial charge on any atom is 0.407 e. The van der Waals surface area contributed by atoms with Crippen LogP contribution in [0.2, 0.25) is 0 Å². The number of hydrogen-bond donors (Lipinski definition) is 4. The second kappa shape index (κ2) is 15.8. The number of aromatic amines is 2. The molecule has 14 heteroatoms. The summed E-state index contributed by atoms with van der Waals surface area (Å²) in [5, 5.41) is 5.42. The highest BCUT2D eigenvalue weighted by Crippen LogP contribution is 2.74. The van der Waals surface area contributed by atoms with Gasteiger partial charge in [-0.05, 0) is 89.9 Å². The molecule has 0 spiro atoms. The van der Waals surface area contributed by atoms with E-state index >= 15 is 0 Å². The Morgan fingerprint density at radius 2 is 1.02 bits per heavy atom. The van der Waals surface area contributed by atoms with Gasteiger partial charge in [0.1, 0.15) is 23.7 Å². The summed E-state index contributed by atoms with van der Waals surface area (Å²) in [6.45, 7) is 8.88. The van der Waals surface area contributed by atoms with Crippen LogP contribution in [0.25, 0.3) is 22.5 Å². The summed E-state index contributed by atoms with van der Waals surface area (Å²) < 4.78 is 9.54. The zero-order valence-corrected chi connectivity index (χ0v) is 34.8. The Labute approximate surface area is 345 Å². The van der Waals surface area contributed by atoms with Gasteiger partial charge in [-0.2, -0.15) is 0 Å². The molecular weight excluding hydrogens is 749 g/mol. The molecule has 4 N–H and O–H groups in total. The topological polar surface area (TPSA) is 175 Å². The molecule has 14 nitrogen and oxygen atoms in total. The van der Waals surface area contributed by atoms with Gasteiger partial charge >= 0.3 is 12.2 Å². The lowest BCUT2D eigenvalue weighted by Crippen LogP contribution is -2.67. The van der Waals surface area contributed by atoms with Crippen LogP contribution in [-0.4, -0.2) is 93.1 Å². The number of imidazole rings is 2. The van der Waals surface area contributed by atoms with E-state index in [0.29, 0.717) is 13.1 Å². The second-order valence-corrected chi connectivity index (χ2v) is 17.7. The van der Waals surface area contributed by atoms with Crippen LogP contribution in [0.15, 0.2) is 60.9 Å². The number of rotatable bonds is 12. The molecule has 2 aromatic heterocycles. The number of alkyl carbamates (subject to hydrolysis) is 2. The molecule has 2 saturated heterocycles. The summed E-state index contributed by atoms with van der Waals surface area (Å²) in [7, 11) is 2.60. The van der Waals surface area contributed by atoms with E-state index in [1.165, 1.54) is 25.3 Å². The van der Waals surface area contributed by atoms with E-state index in [1.807, 2.05) is 49.9 Å². The molecule has 2 aliphatic heterocycles. The molecule has 59 heavy (non-hydrogen) atoms. The van der Waals surface area contributed by atoms with Crippen LogP contribution < -0.4 is 10.6 Å². The number of benzene rings is 2. The first kappa shape index (κ1) is 40.1. The van der Waals surface area contributed by atoms with E-state index in [4.69, 9.17) is 19.4 Å². The third kappa shape index (κ3) is 7.35. The number of nitrogens with zero attached hydrogens (tertiary/aromatic N) is 4. The number of methoxy groups -OCH3 is 2. The van der Waals surface area contributed by atoms with E-state index in [0.717, 1.165) is 79.1 Å². The molecule has 2 bridgehead atoms. The van der Waals surface area contributed by atoms with Crippen molar-refractivity contribution < 1.29 is 28.7 Å². The molecule has 5 fully saturated rings. The van der Waals surface area contributed by atoms with Crippen molar-refractivity contribution in [1.82, 2.24) is 40.4 Å². The van der Waals surface area contributed by atoms with Crippen molar-refractivity contribution in [2.45, 2.75) is 108 Å². The SMILES string of the molecule is COC(=O)N[C@H](C(=O)N1CCCC1c1ncc(-c2ccc(C34CC(c5ccc(-c6cnc([C@@H]7CCCN7C(=O)[C@@H](NC(=O)OC)C(C)C)[nH]6)cc5)(C3)C4)cc2)[nH]1)C(C)C. The average Bonchev–Trinajstić information content (AvgIpc) is 4.04. The fourth-order valence-electron chi connectivity index (χ4n) is 10.1. The summed E-state index contributed by atoms with van der Waals surface area (Å²) >= 11 is 0. The molecule has 312 valence electrons. The van der Waals surface area contributed by atoms with Crippen molar-refractivity contribution in [1.29, 1.82) is 0 Å². The van der Waals surface area contributed by atoms with Crippen molar-refractivity contribution in [2.75, 3.05) is 27.3 Å². The van der Waals surface area contributed by atoms with Crippen LogP contribution in [-0.2, 0) is 29.9 Å². The van der Waals surface area contributed by atoms with Gasteiger partial charge in [0.2, 0.25) is 11.8 Å². The lowest BCUT2D eigenvalue weighted by atomic mass is 9.32. The number of nitrogens with one attached hydrogen (secondary N) is 4. The van der Waals surface area contributed by atoms with Gasteiger partial charge in [-0.25, -0.2) is 19.6 Å². The summed E-state index contributed by atoms with van der Waals surface area (Å²) in [4.78, 5) is 71.2. The molecule has 2 aromatic carbocycles. The van der Waals surface area contributed by atoms with E-state index in [-0.39, 0.29) is 46.6 Å². The number of aromatic nitrogens is 4. The Morgan fingerprint density at radius 3 is 1.36 bits per heavy atom. The van der Waals surface area contributed by atoms with Gasteiger partial charge in [0, 0.05) is 13.1 Å². The molecule has 3 aliphatic carbocycles. The highest BCUT2D eigenvalue weighted by atomic mass is 16.5. The molecule has 4 heterocycles. The van der Waals surface area contributed by atoms with E-state index in [1.54, 1.807) is 0 Å². The highest BCUT2D eigenvalue weighted by molar-refractivity contribution is 5.87. The molecule has 9 rings (SSSR count). The van der Waals surface area contributed by atoms with Crippen molar-refractivity contribution in [3.63, 3.8) is 0 Å². The molecule has 1 unspecified atom stereocenters. The summed E-state index contributed by atoms with van der Waals surface area (Å²) in [6.07, 6.45) is 9.20.